The summed E-state index contributed by atoms with van der Waals surface area (Å²) in [5.74, 6) is 0. The van der Waals surface area contributed by atoms with E-state index >= 15 is 0 Å². The van der Waals surface area contributed by atoms with E-state index in [1.165, 1.54) is 38.8 Å². The number of rotatable bonds is 5. The molecule has 0 aromatic carbocycles. The Labute approximate surface area is 89.1 Å². The van der Waals surface area contributed by atoms with Crippen molar-refractivity contribution < 1.29 is 0 Å². The van der Waals surface area contributed by atoms with Crippen LogP contribution in [0, 0.1) is 0 Å². The Hall–Kier alpha value is -0.0800. The van der Waals surface area contributed by atoms with Crippen molar-refractivity contribution in [1.82, 2.24) is 10.2 Å². The highest BCUT2D eigenvalue weighted by molar-refractivity contribution is 4.82. The van der Waals surface area contributed by atoms with Gasteiger partial charge in [-0.1, -0.05) is 27.2 Å². The highest BCUT2D eigenvalue weighted by Gasteiger charge is 2.24. The Morgan fingerprint density at radius 2 is 1.86 bits per heavy atom. The summed E-state index contributed by atoms with van der Waals surface area (Å²) in [5, 5.41) is 3.59. The Balaban J connectivity index is 2.38. The minimum atomic E-state index is 0.777. The third-order valence-corrected chi connectivity index (χ3v) is 3.47. The molecule has 2 nitrogen and oxygen atoms in total. The molecule has 1 fully saturated rings. The van der Waals surface area contributed by atoms with Crippen molar-refractivity contribution in [3.8, 4) is 0 Å². The third-order valence-electron chi connectivity index (χ3n) is 3.47. The Morgan fingerprint density at radius 1 is 1.14 bits per heavy atom. The van der Waals surface area contributed by atoms with Crippen molar-refractivity contribution in [3.05, 3.63) is 0 Å². The van der Waals surface area contributed by atoms with E-state index < -0.39 is 0 Å². The largest absolute Gasteiger partial charge is 0.314 e. The highest BCUT2D eigenvalue weighted by Crippen LogP contribution is 2.22. The molecule has 14 heavy (non-hydrogen) atoms. The quantitative estimate of drug-likeness (QED) is 0.729. The molecule has 1 N–H and O–H groups in total. The maximum Gasteiger partial charge on any atom is 0.0110 e. The van der Waals surface area contributed by atoms with E-state index in [0.29, 0.717) is 0 Å². The van der Waals surface area contributed by atoms with Crippen molar-refractivity contribution in [3.63, 3.8) is 0 Å². The summed E-state index contributed by atoms with van der Waals surface area (Å²) < 4.78 is 0. The van der Waals surface area contributed by atoms with Gasteiger partial charge in [0.15, 0.2) is 0 Å². The molecular weight excluding hydrogens is 172 g/mol. The third kappa shape index (κ3) is 3.25. The minimum absolute atomic E-state index is 0.777. The van der Waals surface area contributed by atoms with Crippen molar-refractivity contribution in [2.45, 2.75) is 58.5 Å². The fourth-order valence-electron chi connectivity index (χ4n) is 2.71. The second kappa shape index (κ2) is 6.41. The smallest absolute Gasteiger partial charge is 0.0110 e. The van der Waals surface area contributed by atoms with Gasteiger partial charge < -0.3 is 10.2 Å². The molecular formula is C12H26N2. The Morgan fingerprint density at radius 3 is 2.43 bits per heavy atom. The fraction of sp³-hybridized carbons (Fsp3) is 1.00. The highest BCUT2D eigenvalue weighted by atomic mass is 15.1. The van der Waals surface area contributed by atoms with Crippen LogP contribution in [0.25, 0.3) is 0 Å². The standard InChI is InChI=1S/C12H26N2/c1-4-13-11-8-7-9-12(10-11)14(5-2)6-3/h11-13H,4-10H2,1-3H3. The van der Waals surface area contributed by atoms with E-state index in [9.17, 15) is 0 Å². The predicted molar refractivity (Wildman–Crippen MR) is 62.6 cm³/mol. The van der Waals surface area contributed by atoms with E-state index in [0.717, 1.165) is 18.6 Å². The molecule has 84 valence electrons. The molecule has 1 rings (SSSR count). The maximum atomic E-state index is 3.59. The van der Waals surface area contributed by atoms with Gasteiger partial charge in [0.05, 0.1) is 0 Å². The van der Waals surface area contributed by atoms with Gasteiger partial charge in [-0.05, 0) is 38.9 Å². The molecule has 2 unspecified atom stereocenters. The van der Waals surface area contributed by atoms with Crippen LogP contribution in [0.3, 0.4) is 0 Å². The van der Waals surface area contributed by atoms with Crippen molar-refractivity contribution in [2.24, 2.45) is 0 Å². The lowest BCUT2D eigenvalue weighted by molar-refractivity contribution is 0.153. The zero-order valence-electron chi connectivity index (χ0n) is 10.1. The molecule has 0 radical (unpaired) electrons. The van der Waals surface area contributed by atoms with Gasteiger partial charge in [-0.25, -0.2) is 0 Å². The summed E-state index contributed by atoms with van der Waals surface area (Å²) in [5.41, 5.74) is 0. The van der Waals surface area contributed by atoms with Crippen LogP contribution < -0.4 is 5.32 Å². The second-order valence-electron chi connectivity index (χ2n) is 4.30. The molecule has 0 aromatic rings. The van der Waals surface area contributed by atoms with E-state index in [4.69, 9.17) is 0 Å². The summed E-state index contributed by atoms with van der Waals surface area (Å²) in [7, 11) is 0. The van der Waals surface area contributed by atoms with Crippen LogP contribution in [-0.4, -0.2) is 36.6 Å². The minimum Gasteiger partial charge on any atom is -0.314 e. The van der Waals surface area contributed by atoms with Crippen LogP contribution in [-0.2, 0) is 0 Å². The summed E-state index contributed by atoms with van der Waals surface area (Å²) in [6, 6.07) is 1.61. The SMILES string of the molecule is CCNC1CCCC(N(CC)CC)C1. The molecule has 1 aliphatic carbocycles. The predicted octanol–water partition coefficient (Wildman–Crippen LogP) is 2.25. The van der Waals surface area contributed by atoms with Crippen LogP contribution in [0.15, 0.2) is 0 Å². The van der Waals surface area contributed by atoms with Crippen molar-refractivity contribution in [2.75, 3.05) is 19.6 Å². The van der Waals surface area contributed by atoms with Crippen LogP contribution in [0.1, 0.15) is 46.5 Å². The van der Waals surface area contributed by atoms with E-state index in [1.807, 2.05) is 0 Å². The summed E-state index contributed by atoms with van der Waals surface area (Å²) in [6.07, 6.45) is 5.55. The average molecular weight is 198 g/mol. The van der Waals surface area contributed by atoms with Gasteiger partial charge in [0.1, 0.15) is 0 Å². The van der Waals surface area contributed by atoms with Crippen molar-refractivity contribution >= 4 is 0 Å². The topological polar surface area (TPSA) is 15.3 Å². The van der Waals surface area contributed by atoms with Gasteiger partial charge in [-0.15, -0.1) is 0 Å². The van der Waals surface area contributed by atoms with Gasteiger partial charge in [-0.3, -0.25) is 0 Å². The number of hydrogen-bond donors (Lipinski definition) is 1. The molecule has 2 atom stereocenters. The fourth-order valence-corrected chi connectivity index (χ4v) is 2.71. The zero-order valence-corrected chi connectivity index (χ0v) is 10.1. The molecule has 0 aliphatic heterocycles. The summed E-state index contributed by atoms with van der Waals surface area (Å²) >= 11 is 0. The molecule has 0 aromatic heterocycles. The first kappa shape index (κ1) is 12.0. The number of nitrogens with zero attached hydrogens (tertiary/aromatic N) is 1. The first-order valence-corrected chi connectivity index (χ1v) is 6.29. The molecule has 0 spiro atoms. The summed E-state index contributed by atoms with van der Waals surface area (Å²) in [6.45, 7) is 10.3. The molecule has 1 aliphatic rings. The summed E-state index contributed by atoms with van der Waals surface area (Å²) in [4.78, 5) is 2.61. The number of hydrogen-bond acceptors (Lipinski definition) is 2. The van der Waals surface area contributed by atoms with E-state index in [2.05, 4.69) is 31.0 Å². The lowest BCUT2D eigenvalue weighted by atomic mass is 9.90. The van der Waals surface area contributed by atoms with Crippen LogP contribution in [0.2, 0.25) is 0 Å². The lowest BCUT2D eigenvalue weighted by Crippen LogP contribution is -2.44. The van der Waals surface area contributed by atoms with Crippen LogP contribution in [0.5, 0.6) is 0 Å². The lowest BCUT2D eigenvalue weighted by Gasteiger charge is -2.36. The molecule has 0 heterocycles. The average Bonchev–Trinajstić information content (AvgIpc) is 2.21. The first-order chi connectivity index (χ1) is 6.81. The van der Waals surface area contributed by atoms with Gasteiger partial charge in [0.2, 0.25) is 0 Å². The van der Waals surface area contributed by atoms with Crippen LogP contribution >= 0.6 is 0 Å². The Bertz CT molecular complexity index is 141. The van der Waals surface area contributed by atoms with Gasteiger partial charge in [0, 0.05) is 12.1 Å². The van der Waals surface area contributed by atoms with Crippen molar-refractivity contribution in [1.29, 1.82) is 0 Å². The first-order valence-electron chi connectivity index (χ1n) is 6.29. The molecule has 0 bridgehead atoms. The molecule has 2 heteroatoms. The van der Waals surface area contributed by atoms with Gasteiger partial charge >= 0.3 is 0 Å². The van der Waals surface area contributed by atoms with Crippen LogP contribution in [0.4, 0.5) is 0 Å². The molecule has 1 saturated carbocycles. The monoisotopic (exact) mass is 198 g/mol. The van der Waals surface area contributed by atoms with Gasteiger partial charge in [-0.2, -0.15) is 0 Å². The molecule has 0 amide bonds. The second-order valence-corrected chi connectivity index (χ2v) is 4.30. The normalized spacial score (nSPS) is 28.3. The van der Waals surface area contributed by atoms with E-state index in [1.54, 1.807) is 0 Å². The maximum absolute atomic E-state index is 3.59. The van der Waals surface area contributed by atoms with Gasteiger partial charge in [0.25, 0.3) is 0 Å². The van der Waals surface area contributed by atoms with E-state index in [-0.39, 0.29) is 0 Å². The molecule has 0 saturated heterocycles. The Kier molecular flexibility index (Phi) is 5.49. The zero-order chi connectivity index (χ0) is 10.4. The number of nitrogens with one attached hydrogen (secondary N) is 1.